The van der Waals surface area contributed by atoms with Gasteiger partial charge in [0.25, 0.3) is 0 Å². The topological polar surface area (TPSA) is 91.8 Å². The number of nitrogens with one attached hydrogen (secondary N) is 2. The van der Waals surface area contributed by atoms with Crippen molar-refractivity contribution in [2.45, 2.75) is 25.2 Å². The summed E-state index contributed by atoms with van der Waals surface area (Å²) < 4.78 is 41.3. The number of fused-ring (bicyclic) bond motifs is 1. The molecule has 6 rings (SSSR count). The molecule has 11 heteroatoms. The van der Waals surface area contributed by atoms with Gasteiger partial charge in [0, 0.05) is 55.6 Å². The standard InChI is InChI=1S/C25H23F3N8/c26-17-11-19(27)33-24(22(17)28)34-20-10-15(4-5-31-20)23-32-18-13-30-12-16(14-2-1-3-14)21(18)25(35-23)36-8-6-29-7-9-36/h4-5,10-14,29H,1-3,6-9H2,(H,31,33,34). The molecule has 4 aromatic heterocycles. The van der Waals surface area contributed by atoms with Gasteiger partial charge in [0.15, 0.2) is 17.5 Å². The maximum atomic E-state index is 14.1. The highest BCUT2D eigenvalue weighted by atomic mass is 19.2. The molecule has 0 unspecified atom stereocenters. The van der Waals surface area contributed by atoms with Crippen LogP contribution in [0.5, 0.6) is 0 Å². The smallest absolute Gasteiger partial charge is 0.217 e. The molecular weight excluding hydrogens is 469 g/mol. The molecule has 184 valence electrons. The van der Waals surface area contributed by atoms with Gasteiger partial charge in [-0.3, -0.25) is 4.98 Å². The van der Waals surface area contributed by atoms with E-state index in [-0.39, 0.29) is 5.82 Å². The Morgan fingerprint density at radius 1 is 1.00 bits per heavy atom. The summed E-state index contributed by atoms with van der Waals surface area (Å²) in [5, 5.41) is 6.97. The van der Waals surface area contributed by atoms with E-state index in [1.54, 1.807) is 18.3 Å². The number of pyridine rings is 3. The van der Waals surface area contributed by atoms with E-state index >= 15 is 0 Å². The number of nitrogens with zero attached hydrogens (tertiary/aromatic N) is 6. The number of piperazine rings is 1. The number of halogens is 3. The molecule has 2 N–H and O–H groups in total. The summed E-state index contributed by atoms with van der Waals surface area (Å²) in [5.74, 6) is -2.43. The van der Waals surface area contributed by atoms with Crippen LogP contribution in [0.3, 0.4) is 0 Å². The average molecular weight is 493 g/mol. The second-order valence-electron chi connectivity index (χ2n) is 9.00. The third kappa shape index (κ3) is 4.19. The van der Waals surface area contributed by atoms with Gasteiger partial charge in [-0.25, -0.2) is 19.3 Å². The molecule has 1 saturated carbocycles. The normalized spacial score (nSPS) is 16.2. The van der Waals surface area contributed by atoms with Crippen molar-refractivity contribution in [1.82, 2.24) is 30.2 Å². The van der Waals surface area contributed by atoms with Crippen LogP contribution in [0.1, 0.15) is 30.7 Å². The van der Waals surface area contributed by atoms with E-state index < -0.39 is 23.4 Å². The molecule has 2 aliphatic rings. The molecule has 0 spiro atoms. The molecule has 0 amide bonds. The van der Waals surface area contributed by atoms with Gasteiger partial charge in [-0.2, -0.15) is 13.8 Å². The number of aromatic nitrogens is 5. The second kappa shape index (κ2) is 9.30. The summed E-state index contributed by atoms with van der Waals surface area (Å²) in [6, 6.07) is 3.71. The van der Waals surface area contributed by atoms with Crippen molar-refractivity contribution < 1.29 is 13.2 Å². The van der Waals surface area contributed by atoms with Crippen LogP contribution in [0, 0.1) is 17.6 Å². The van der Waals surface area contributed by atoms with Crippen molar-refractivity contribution in [2.24, 2.45) is 0 Å². The maximum absolute atomic E-state index is 14.1. The summed E-state index contributed by atoms with van der Waals surface area (Å²) in [6.07, 6.45) is 8.66. The van der Waals surface area contributed by atoms with E-state index in [1.807, 2.05) is 6.20 Å². The lowest BCUT2D eigenvalue weighted by Crippen LogP contribution is -2.44. The summed E-state index contributed by atoms with van der Waals surface area (Å²) in [6.45, 7) is 3.35. The number of rotatable bonds is 5. The zero-order chi connectivity index (χ0) is 24.6. The third-order valence-electron chi connectivity index (χ3n) is 6.73. The highest BCUT2D eigenvalue weighted by Crippen LogP contribution is 2.42. The molecule has 0 atom stereocenters. The van der Waals surface area contributed by atoms with Crippen LogP contribution >= 0.6 is 0 Å². The van der Waals surface area contributed by atoms with Crippen molar-refractivity contribution in [3.05, 3.63) is 59.9 Å². The molecule has 5 heterocycles. The van der Waals surface area contributed by atoms with Crippen molar-refractivity contribution >= 4 is 28.4 Å². The number of hydrogen-bond acceptors (Lipinski definition) is 8. The minimum atomic E-state index is -1.34. The van der Waals surface area contributed by atoms with Gasteiger partial charge < -0.3 is 15.5 Å². The first-order chi connectivity index (χ1) is 17.6. The van der Waals surface area contributed by atoms with E-state index in [2.05, 4.69) is 30.5 Å². The maximum Gasteiger partial charge on any atom is 0.217 e. The van der Waals surface area contributed by atoms with Gasteiger partial charge in [-0.1, -0.05) is 6.42 Å². The molecule has 1 aliphatic heterocycles. The predicted molar refractivity (Wildman–Crippen MR) is 130 cm³/mol. The van der Waals surface area contributed by atoms with Crippen LogP contribution in [0.4, 0.5) is 30.6 Å². The molecule has 36 heavy (non-hydrogen) atoms. The fourth-order valence-electron chi connectivity index (χ4n) is 4.66. The summed E-state index contributed by atoms with van der Waals surface area (Å²) in [7, 11) is 0. The zero-order valence-electron chi connectivity index (χ0n) is 19.3. The lowest BCUT2D eigenvalue weighted by atomic mass is 9.79. The average Bonchev–Trinajstić information content (AvgIpc) is 2.86. The van der Waals surface area contributed by atoms with Crippen molar-refractivity contribution in [1.29, 1.82) is 0 Å². The molecule has 0 radical (unpaired) electrons. The molecule has 1 aliphatic carbocycles. The minimum absolute atomic E-state index is 0.151. The van der Waals surface area contributed by atoms with Gasteiger partial charge >= 0.3 is 0 Å². The van der Waals surface area contributed by atoms with E-state index in [4.69, 9.17) is 9.97 Å². The fraction of sp³-hybridized carbons (Fsp3) is 0.320. The van der Waals surface area contributed by atoms with Crippen molar-refractivity contribution in [3.8, 4) is 11.4 Å². The van der Waals surface area contributed by atoms with E-state index in [0.29, 0.717) is 23.4 Å². The van der Waals surface area contributed by atoms with Crippen molar-refractivity contribution in [2.75, 3.05) is 36.4 Å². The van der Waals surface area contributed by atoms with Gasteiger partial charge in [-0.15, -0.1) is 0 Å². The number of anilines is 3. The first-order valence-electron chi connectivity index (χ1n) is 11.9. The minimum Gasteiger partial charge on any atom is -0.353 e. The molecule has 1 saturated heterocycles. The van der Waals surface area contributed by atoms with Crippen LogP contribution in [-0.2, 0) is 0 Å². The van der Waals surface area contributed by atoms with E-state index in [1.165, 1.54) is 18.2 Å². The van der Waals surface area contributed by atoms with Crippen molar-refractivity contribution in [3.63, 3.8) is 0 Å². The van der Waals surface area contributed by atoms with Crippen LogP contribution < -0.4 is 15.5 Å². The van der Waals surface area contributed by atoms with Crippen LogP contribution in [0.2, 0.25) is 0 Å². The quantitative estimate of drug-likeness (QED) is 0.398. The lowest BCUT2D eigenvalue weighted by Gasteiger charge is -2.32. The molecule has 8 nitrogen and oxygen atoms in total. The van der Waals surface area contributed by atoms with Crippen LogP contribution in [0.25, 0.3) is 22.3 Å². The Balaban J connectivity index is 1.43. The van der Waals surface area contributed by atoms with Crippen LogP contribution in [0.15, 0.2) is 36.8 Å². The first kappa shape index (κ1) is 22.6. The Morgan fingerprint density at radius 3 is 2.61 bits per heavy atom. The first-order valence-corrected chi connectivity index (χ1v) is 11.9. The molecule has 0 bridgehead atoms. The van der Waals surface area contributed by atoms with Gasteiger partial charge in [0.1, 0.15) is 11.6 Å². The lowest BCUT2D eigenvalue weighted by molar-refractivity contribution is 0.421. The predicted octanol–water partition coefficient (Wildman–Crippen LogP) is 4.32. The molecule has 2 fully saturated rings. The zero-order valence-corrected chi connectivity index (χ0v) is 19.3. The summed E-state index contributed by atoms with van der Waals surface area (Å²) in [5.41, 5.74) is 2.55. The Kier molecular flexibility index (Phi) is 5.84. The largest absolute Gasteiger partial charge is 0.353 e. The van der Waals surface area contributed by atoms with Crippen LogP contribution in [-0.4, -0.2) is 51.1 Å². The highest BCUT2D eigenvalue weighted by molar-refractivity contribution is 5.94. The van der Waals surface area contributed by atoms with Gasteiger partial charge in [0.05, 0.1) is 11.7 Å². The number of hydrogen-bond donors (Lipinski definition) is 2. The highest BCUT2D eigenvalue weighted by Gasteiger charge is 2.26. The second-order valence-corrected chi connectivity index (χ2v) is 9.00. The Morgan fingerprint density at radius 2 is 1.83 bits per heavy atom. The summed E-state index contributed by atoms with van der Waals surface area (Å²) in [4.78, 5) is 24.1. The Labute approximate surface area is 205 Å². The Hall–Kier alpha value is -3.86. The summed E-state index contributed by atoms with van der Waals surface area (Å²) >= 11 is 0. The third-order valence-corrected chi connectivity index (χ3v) is 6.73. The fourth-order valence-corrected chi connectivity index (χ4v) is 4.66. The molecule has 0 aromatic carbocycles. The van der Waals surface area contributed by atoms with Gasteiger partial charge in [-0.05, 0) is 36.5 Å². The monoisotopic (exact) mass is 492 g/mol. The van der Waals surface area contributed by atoms with E-state index in [9.17, 15) is 13.2 Å². The molecular formula is C25H23F3N8. The SMILES string of the molecule is Fc1cc(F)c(F)c(Nc2cc(-c3nc(N4CCNCC4)c4c(C5CCC5)cncc4n3)ccn2)n1. The van der Waals surface area contributed by atoms with Gasteiger partial charge in [0.2, 0.25) is 11.8 Å². The Bertz CT molecular complexity index is 1440. The molecule has 4 aromatic rings. The van der Waals surface area contributed by atoms with E-state index in [0.717, 1.165) is 55.7 Å².